The maximum atomic E-state index is 12.8. The number of sulfonamides is 1. The number of fused-ring (bicyclic) bond motifs is 1. The van der Waals surface area contributed by atoms with Gasteiger partial charge in [-0.3, -0.25) is 0 Å². The Bertz CT molecular complexity index is 1040. The monoisotopic (exact) mass is 358 g/mol. The van der Waals surface area contributed by atoms with Crippen LogP contribution in [0.1, 0.15) is 16.7 Å². The zero-order chi connectivity index (χ0) is 18.2. The molecule has 1 aromatic heterocycles. The highest BCUT2D eigenvalue weighted by molar-refractivity contribution is 7.89. The molecule has 25 heavy (non-hydrogen) atoms. The molecule has 0 aliphatic carbocycles. The smallest absolute Gasteiger partial charge is 0.241 e. The van der Waals surface area contributed by atoms with Crippen LogP contribution >= 0.6 is 0 Å². The molecule has 132 valence electrons. The molecule has 0 spiro atoms. The topological polar surface area (TPSA) is 60.3 Å². The number of rotatable bonds is 5. The minimum Gasteiger partial charge on any atom is -0.496 e. The van der Waals surface area contributed by atoms with Crippen molar-refractivity contribution in [2.75, 3.05) is 7.11 Å². The van der Waals surface area contributed by atoms with Crippen molar-refractivity contribution in [2.24, 2.45) is 7.05 Å². The molecule has 0 unspecified atom stereocenters. The van der Waals surface area contributed by atoms with E-state index < -0.39 is 10.0 Å². The normalized spacial score (nSPS) is 11.8. The predicted octanol–water partition coefficient (Wildman–Crippen LogP) is 3.28. The summed E-state index contributed by atoms with van der Waals surface area (Å²) in [7, 11) is -0.0771. The highest BCUT2D eigenvalue weighted by Crippen LogP contribution is 2.26. The minimum atomic E-state index is -3.61. The molecule has 3 aromatic rings. The van der Waals surface area contributed by atoms with Gasteiger partial charge in [-0.15, -0.1) is 0 Å². The molecule has 6 heteroatoms. The van der Waals surface area contributed by atoms with Crippen molar-refractivity contribution in [1.82, 2.24) is 9.29 Å². The first-order valence-electron chi connectivity index (χ1n) is 8.01. The predicted molar refractivity (Wildman–Crippen MR) is 99.4 cm³/mol. The van der Waals surface area contributed by atoms with Gasteiger partial charge in [0.1, 0.15) is 5.75 Å². The summed E-state index contributed by atoms with van der Waals surface area (Å²) in [4.78, 5) is 0.283. The van der Waals surface area contributed by atoms with Crippen LogP contribution in [0.15, 0.2) is 47.5 Å². The molecule has 0 amide bonds. The number of aryl methyl sites for hydroxylation is 3. The maximum absolute atomic E-state index is 12.8. The standard InChI is InChI=1S/C19H22N2O3S/c1-13-10-19(14(2)9-18(13)24-4)25(22,23)20-11-15-12-21(3)17-8-6-5-7-16(15)17/h5-10,12,20H,11H2,1-4H3. The van der Waals surface area contributed by atoms with Gasteiger partial charge in [-0.05, 0) is 48.7 Å². The van der Waals surface area contributed by atoms with Crippen LogP contribution in [-0.2, 0) is 23.6 Å². The Hall–Kier alpha value is -2.31. The Morgan fingerprint density at radius 2 is 1.84 bits per heavy atom. The van der Waals surface area contributed by atoms with E-state index in [-0.39, 0.29) is 11.4 Å². The SMILES string of the molecule is COc1cc(C)c(S(=O)(=O)NCc2cn(C)c3ccccc23)cc1C. The Morgan fingerprint density at radius 3 is 2.56 bits per heavy atom. The molecule has 0 aliphatic rings. The van der Waals surface area contributed by atoms with Crippen LogP contribution in [0.2, 0.25) is 0 Å². The van der Waals surface area contributed by atoms with Gasteiger partial charge in [-0.25, -0.2) is 13.1 Å². The fraction of sp³-hybridized carbons (Fsp3) is 0.263. The van der Waals surface area contributed by atoms with Gasteiger partial charge in [0.15, 0.2) is 0 Å². The molecule has 1 N–H and O–H groups in total. The van der Waals surface area contributed by atoms with E-state index in [1.54, 1.807) is 26.2 Å². The number of aromatic nitrogens is 1. The molecule has 0 bridgehead atoms. The van der Waals surface area contributed by atoms with Crippen molar-refractivity contribution in [2.45, 2.75) is 25.3 Å². The third kappa shape index (κ3) is 3.27. The first kappa shape index (κ1) is 17.5. The number of methoxy groups -OCH3 is 1. The number of hydrogen-bond donors (Lipinski definition) is 1. The molecular formula is C19H22N2O3S. The van der Waals surface area contributed by atoms with Crippen molar-refractivity contribution in [3.63, 3.8) is 0 Å². The number of nitrogens with zero attached hydrogens (tertiary/aromatic N) is 1. The van der Waals surface area contributed by atoms with Gasteiger partial charge >= 0.3 is 0 Å². The third-order valence-corrected chi connectivity index (χ3v) is 5.96. The molecule has 0 fully saturated rings. The van der Waals surface area contributed by atoms with Gasteiger partial charge in [-0.1, -0.05) is 18.2 Å². The Morgan fingerprint density at radius 1 is 1.12 bits per heavy atom. The summed E-state index contributed by atoms with van der Waals surface area (Å²) in [5, 5.41) is 1.05. The molecule has 0 aliphatic heterocycles. The lowest BCUT2D eigenvalue weighted by atomic mass is 10.1. The fourth-order valence-electron chi connectivity index (χ4n) is 3.09. The second kappa shape index (κ2) is 6.54. The van der Waals surface area contributed by atoms with E-state index >= 15 is 0 Å². The highest BCUT2D eigenvalue weighted by Gasteiger charge is 2.19. The maximum Gasteiger partial charge on any atom is 0.241 e. The van der Waals surface area contributed by atoms with Crippen molar-refractivity contribution < 1.29 is 13.2 Å². The number of para-hydroxylation sites is 1. The largest absolute Gasteiger partial charge is 0.496 e. The molecule has 2 aromatic carbocycles. The first-order valence-corrected chi connectivity index (χ1v) is 9.49. The molecular weight excluding hydrogens is 336 g/mol. The van der Waals surface area contributed by atoms with E-state index in [9.17, 15) is 8.42 Å². The number of benzene rings is 2. The van der Waals surface area contributed by atoms with E-state index in [1.807, 2.05) is 49.0 Å². The Labute approximate surface area is 148 Å². The van der Waals surface area contributed by atoms with Crippen molar-refractivity contribution in [1.29, 1.82) is 0 Å². The lowest BCUT2D eigenvalue weighted by Crippen LogP contribution is -2.24. The summed E-state index contributed by atoms with van der Waals surface area (Å²) in [6.45, 7) is 3.85. The van der Waals surface area contributed by atoms with Gasteiger partial charge in [0.05, 0.1) is 12.0 Å². The Kier molecular flexibility index (Phi) is 4.58. The second-order valence-electron chi connectivity index (χ2n) is 6.19. The molecule has 5 nitrogen and oxygen atoms in total. The highest BCUT2D eigenvalue weighted by atomic mass is 32.2. The quantitative estimate of drug-likeness (QED) is 0.761. The summed E-state index contributed by atoms with van der Waals surface area (Å²) >= 11 is 0. The van der Waals surface area contributed by atoms with E-state index in [0.29, 0.717) is 11.3 Å². The first-order chi connectivity index (χ1) is 11.8. The van der Waals surface area contributed by atoms with E-state index in [0.717, 1.165) is 22.0 Å². The van der Waals surface area contributed by atoms with Crippen LogP contribution in [0.25, 0.3) is 10.9 Å². The van der Waals surface area contributed by atoms with E-state index in [1.165, 1.54) is 0 Å². The van der Waals surface area contributed by atoms with Crippen molar-refractivity contribution in [3.05, 3.63) is 59.3 Å². The van der Waals surface area contributed by atoms with E-state index in [4.69, 9.17) is 4.74 Å². The zero-order valence-corrected chi connectivity index (χ0v) is 15.6. The lowest BCUT2D eigenvalue weighted by Gasteiger charge is -2.12. The van der Waals surface area contributed by atoms with Crippen molar-refractivity contribution in [3.8, 4) is 5.75 Å². The molecule has 1 heterocycles. The van der Waals surface area contributed by atoms with Crippen LogP contribution in [0.5, 0.6) is 5.75 Å². The Balaban J connectivity index is 1.91. The molecule has 0 saturated carbocycles. The van der Waals surface area contributed by atoms with Crippen LogP contribution in [-0.4, -0.2) is 20.1 Å². The van der Waals surface area contributed by atoms with Crippen LogP contribution in [0.3, 0.4) is 0 Å². The lowest BCUT2D eigenvalue weighted by molar-refractivity contribution is 0.411. The summed E-state index contributed by atoms with van der Waals surface area (Å²) in [6.07, 6.45) is 1.96. The molecule has 0 atom stereocenters. The summed E-state index contributed by atoms with van der Waals surface area (Å²) in [6, 6.07) is 11.4. The average molecular weight is 358 g/mol. The fourth-order valence-corrected chi connectivity index (χ4v) is 4.41. The summed E-state index contributed by atoms with van der Waals surface area (Å²) in [5.74, 6) is 0.686. The summed E-state index contributed by atoms with van der Waals surface area (Å²) in [5.41, 5.74) is 3.48. The number of ether oxygens (including phenoxy) is 1. The van der Waals surface area contributed by atoms with Gasteiger partial charge in [0.2, 0.25) is 10.0 Å². The molecule has 0 radical (unpaired) electrons. The number of hydrogen-bond acceptors (Lipinski definition) is 3. The number of nitrogens with one attached hydrogen (secondary N) is 1. The van der Waals surface area contributed by atoms with Crippen LogP contribution < -0.4 is 9.46 Å². The van der Waals surface area contributed by atoms with Crippen molar-refractivity contribution >= 4 is 20.9 Å². The van der Waals surface area contributed by atoms with Gasteiger partial charge < -0.3 is 9.30 Å². The molecule has 3 rings (SSSR count). The second-order valence-corrected chi connectivity index (χ2v) is 7.93. The molecule has 0 saturated heterocycles. The van der Waals surface area contributed by atoms with Crippen LogP contribution in [0, 0.1) is 13.8 Å². The van der Waals surface area contributed by atoms with E-state index in [2.05, 4.69) is 4.72 Å². The summed E-state index contributed by atoms with van der Waals surface area (Å²) < 4.78 is 35.5. The average Bonchev–Trinajstić information content (AvgIpc) is 2.91. The van der Waals surface area contributed by atoms with Gasteiger partial charge in [0, 0.05) is 30.7 Å². The van der Waals surface area contributed by atoms with Gasteiger partial charge in [-0.2, -0.15) is 0 Å². The van der Waals surface area contributed by atoms with Crippen LogP contribution in [0.4, 0.5) is 0 Å². The zero-order valence-electron chi connectivity index (χ0n) is 14.8. The minimum absolute atomic E-state index is 0.244. The van der Waals surface area contributed by atoms with Gasteiger partial charge in [0.25, 0.3) is 0 Å². The third-order valence-electron chi connectivity index (χ3n) is 4.41.